The fourth-order valence-corrected chi connectivity index (χ4v) is 7.27. The van der Waals surface area contributed by atoms with E-state index < -0.39 is 60.6 Å². The molecule has 1 aromatic rings. The number of rotatable bonds is 29. The molecule has 16 nitrogen and oxygen atoms in total. The number of aromatic nitrogens is 3. The van der Waals surface area contributed by atoms with E-state index in [-0.39, 0.29) is 55.1 Å². The first kappa shape index (κ1) is 48.3. The number of thioether (sulfide) groups is 1. The van der Waals surface area contributed by atoms with Crippen LogP contribution in [0.25, 0.3) is 0 Å². The third-order valence-corrected chi connectivity index (χ3v) is 10.8. The van der Waals surface area contributed by atoms with E-state index in [0.29, 0.717) is 19.3 Å². The molecular formula is C38H67N5O11S. The molecule has 17 heteroatoms. The van der Waals surface area contributed by atoms with Gasteiger partial charge < -0.3 is 45.6 Å². The van der Waals surface area contributed by atoms with Crippen LogP contribution in [0, 0.1) is 0 Å². The van der Waals surface area contributed by atoms with Crippen molar-refractivity contribution in [3.63, 3.8) is 0 Å². The second-order valence-electron chi connectivity index (χ2n) is 14.5. The molecule has 1 aromatic heterocycles. The Labute approximate surface area is 329 Å². The first-order valence-electron chi connectivity index (χ1n) is 20.3. The maximum absolute atomic E-state index is 13.6. The number of carbonyl (C=O) groups excluding carboxylic acids is 4. The van der Waals surface area contributed by atoms with E-state index in [1.807, 2.05) is 0 Å². The Bertz CT molecular complexity index is 1240. The molecule has 1 aliphatic rings. The van der Waals surface area contributed by atoms with Gasteiger partial charge in [-0.15, -0.1) is 5.10 Å². The zero-order valence-corrected chi connectivity index (χ0v) is 33.8. The summed E-state index contributed by atoms with van der Waals surface area (Å²) in [5, 5.41) is 64.2. The molecule has 0 saturated heterocycles. The summed E-state index contributed by atoms with van der Waals surface area (Å²) < 4.78 is 12.2. The number of carbonyl (C=O) groups is 4. The summed E-state index contributed by atoms with van der Waals surface area (Å²) in [5.74, 6) is -1.58. The molecule has 2 amide bonds. The SMILES string of the molecule is CCCCCCCC(=O)N[C@H](CSC[C@@H](COC(=O)CCCCCCC)OC(=O)CCCCCCC)C(=O)Nc1cn(C2[C@H](O)[C@H](O)C(O)[C@H](O)[C@H]2O)nn1. The van der Waals surface area contributed by atoms with E-state index in [4.69, 9.17) is 9.47 Å². The molecular weight excluding hydrogens is 735 g/mol. The molecule has 7 N–H and O–H groups in total. The summed E-state index contributed by atoms with van der Waals surface area (Å²) in [6.07, 6.45) is 6.73. The Kier molecular flexibility index (Phi) is 24.3. The van der Waals surface area contributed by atoms with Crippen LogP contribution in [0.4, 0.5) is 5.82 Å². The summed E-state index contributed by atoms with van der Waals surface area (Å²) in [4.78, 5) is 51.8. The minimum absolute atomic E-state index is 0.0638. The molecule has 1 aliphatic carbocycles. The number of hydrogen-bond acceptors (Lipinski definition) is 14. The molecule has 0 radical (unpaired) electrons. The predicted octanol–water partition coefficient (Wildman–Crippen LogP) is 3.33. The number of aliphatic hydroxyl groups is 5. The number of unbranched alkanes of at least 4 members (excludes halogenated alkanes) is 12. The summed E-state index contributed by atoms with van der Waals surface area (Å²) in [6.45, 7) is 6.20. The van der Waals surface area contributed by atoms with Crippen LogP contribution in [0.5, 0.6) is 0 Å². The number of ether oxygens (including phenoxy) is 2. The van der Waals surface area contributed by atoms with E-state index in [2.05, 4.69) is 41.7 Å². The number of nitrogens with zero attached hydrogens (tertiary/aromatic N) is 3. The van der Waals surface area contributed by atoms with Gasteiger partial charge in [-0.3, -0.25) is 19.2 Å². The van der Waals surface area contributed by atoms with Crippen LogP contribution in [0.1, 0.15) is 142 Å². The number of hydrogen-bond donors (Lipinski definition) is 7. The highest BCUT2D eigenvalue weighted by molar-refractivity contribution is 7.99. The normalized spacial score (nSPS) is 22.1. The number of aliphatic hydroxyl groups excluding tert-OH is 5. The molecule has 2 unspecified atom stereocenters. The van der Waals surface area contributed by atoms with Crippen molar-refractivity contribution in [1.29, 1.82) is 0 Å². The maximum atomic E-state index is 13.6. The highest BCUT2D eigenvalue weighted by Gasteiger charge is 2.49. The first-order chi connectivity index (χ1) is 26.4. The largest absolute Gasteiger partial charge is 0.462 e. The highest BCUT2D eigenvalue weighted by atomic mass is 32.2. The Hall–Kier alpha value is -2.83. The van der Waals surface area contributed by atoms with Crippen molar-refractivity contribution < 1.29 is 54.2 Å². The molecule has 8 atom stereocenters. The van der Waals surface area contributed by atoms with Gasteiger partial charge in [0.05, 0.1) is 6.20 Å². The van der Waals surface area contributed by atoms with Gasteiger partial charge in [0, 0.05) is 30.8 Å². The van der Waals surface area contributed by atoms with Crippen LogP contribution in [-0.2, 0) is 28.7 Å². The van der Waals surface area contributed by atoms with Gasteiger partial charge in [-0.1, -0.05) is 103 Å². The van der Waals surface area contributed by atoms with Crippen LogP contribution in [0.2, 0.25) is 0 Å². The van der Waals surface area contributed by atoms with Gasteiger partial charge in [-0.2, -0.15) is 11.8 Å². The van der Waals surface area contributed by atoms with Crippen LogP contribution in [0.3, 0.4) is 0 Å². The number of anilines is 1. The molecule has 0 aromatic carbocycles. The van der Waals surface area contributed by atoms with Gasteiger partial charge in [0.1, 0.15) is 55.3 Å². The van der Waals surface area contributed by atoms with Gasteiger partial charge in [-0.05, 0) is 19.3 Å². The lowest BCUT2D eigenvalue weighted by atomic mass is 9.83. The van der Waals surface area contributed by atoms with E-state index in [1.54, 1.807) is 0 Å². The molecule has 1 fully saturated rings. The number of amides is 2. The lowest BCUT2D eigenvalue weighted by molar-refractivity contribution is -0.200. The molecule has 0 bridgehead atoms. The number of esters is 2. The number of nitrogens with one attached hydrogen (secondary N) is 2. The van der Waals surface area contributed by atoms with Gasteiger partial charge >= 0.3 is 11.9 Å². The average molecular weight is 802 g/mol. The highest BCUT2D eigenvalue weighted by Crippen LogP contribution is 2.30. The second-order valence-corrected chi connectivity index (χ2v) is 15.5. The van der Waals surface area contributed by atoms with Crippen LogP contribution < -0.4 is 10.6 Å². The topological polar surface area (TPSA) is 243 Å². The minimum atomic E-state index is -1.79. The lowest BCUT2D eigenvalue weighted by Gasteiger charge is -2.41. The molecule has 2 rings (SSSR count). The fraction of sp³-hybridized carbons (Fsp3) is 0.842. The van der Waals surface area contributed by atoms with Crippen molar-refractivity contribution in [3.8, 4) is 0 Å². The Morgan fingerprint density at radius 1 is 0.709 bits per heavy atom. The van der Waals surface area contributed by atoms with Crippen molar-refractivity contribution in [2.45, 2.75) is 185 Å². The molecule has 316 valence electrons. The van der Waals surface area contributed by atoms with E-state index in [0.717, 1.165) is 81.7 Å². The van der Waals surface area contributed by atoms with Gasteiger partial charge in [0.2, 0.25) is 11.8 Å². The summed E-state index contributed by atoms with van der Waals surface area (Å²) in [7, 11) is 0. The monoisotopic (exact) mass is 801 g/mol. The summed E-state index contributed by atoms with van der Waals surface area (Å²) in [5.41, 5.74) is 0. The van der Waals surface area contributed by atoms with Crippen molar-refractivity contribution in [3.05, 3.63) is 6.20 Å². The van der Waals surface area contributed by atoms with E-state index in [1.165, 1.54) is 18.0 Å². The average Bonchev–Trinajstić information content (AvgIpc) is 3.62. The molecule has 55 heavy (non-hydrogen) atoms. The maximum Gasteiger partial charge on any atom is 0.306 e. The third-order valence-electron chi connectivity index (χ3n) is 9.61. The van der Waals surface area contributed by atoms with Gasteiger partial charge in [-0.25, -0.2) is 4.68 Å². The van der Waals surface area contributed by atoms with Gasteiger partial charge in [0.25, 0.3) is 0 Å². The van der Waals surface area contributed by atoms with E-state index in [9.17, 15) is 44.7 Å². The van der Waals surface area contributed by atoms with Crippen molar-refractivity contribution in [1.82, 2.24) is 20.3 Å². The summed E-state index contributed by atoms with van der Waals surface area (Å²) >= 11 is 1.24. The second kappa shape index (κ2) is 27.7. The predicted molar refractivity (Wildman–Crippen MR) is 208 cm³/mol. The molecule has 0 aliphatic heterocycles. The standard InChI is InChI=1S/C38H67N5O11S/c1-4-7-10-13-16-19-29(44)39-27(38(52)40-28-22-43(42-41-28)32-33(47)35(49)37(51)36(50)34(32)48)25-55-24-26(54-31(46)21-18-15-12-9-6-3)23-53-30(45)20-17-14-11-8-5-2/h22,26-27,32-37,47-51H,4-21,23-25H2,1-3H3,(H,39,44)(H,40,52)/t26-,27-,32?,33+,34+,35-,36+,37?/m1/s1. The third kappa shape index (κ3) is 18.3. The Morgan fingerprint density at radius 3 is 1.78 bits per heavy atom. The van der Waals surface area contributed by atoms with Gasteiger partial charge in [0.15, 0.2) is 5.82 Å². The zero-order chi connectivity index (χ0) is 40.6. The van der Waals surface area contributed by atoms with E-state index >= 15 is 0 Å². The van der Waals surface area contributed by atoms with Crippen molar-refractivity contribution in [2.75, 3.05) is 23.4 Å². The van der Waals surface area contributed by atoms with Crippen LogP contribution >= 0.6 is 11.8 Å². The Morgan fingerprint density at radius 2 is 1.22 bits per heavy atom. The quantitative estimate of drug-likeness (QED) is 0.0454. The zero-order valence-electron chi connectivity index (χ0n) is 33.0. The smallest absolute Gasteiger partial charge is 0.306 e. The summed E-state index contributed by atoms with van der Waals surface area (Å²) in [6, 6.07) is -2.46. The lowest BCUT2D eigenvalue weighted by Crippen LogP contribution is -2.61. The Balaban J connectivity index is 2.11. The molecule has 0 spiro atoms. The van der Waals surface area contributed by atoms with Crippen molar-refractivity contribution in [2.24, 2.45) is 0 Å². The minimum Gasteiger partial charge on any atom is -0.462 e. The van der Waals surface area contributed by atoms with Crippen LogP contribution in [0.15, 0.2) is 6.20 Å². The van der Waals surface area contributed by atoms with Crippen LogP contribution in [-0.4, -0.2) is 125 Å². The van der Waals surface area contributed by atoms with Crippen molar-refractivity contribution >= 4 is 41.3 Å². The first-order valence-corrected chi connectivity index (χ1v) is 21.4. The molecule has 1 saturated carbocycles. The fourth-order valence-electron chi connectivity index (χ4n) is 6.24. The molecule has 1 heterocycles.